The highest BCUT2D eigenvalue weighted by Gasteiger charge is 2.21. The molecule has 1 heterocycles. The third-order valence-electron chi connectivity index (χ3n) is 4.68. The van der Waals surface area contributed by atoms with Crippen molar-refractivity contribution in [2.24, 2.45) is 0 Å². The molecule has 0 bridgehead atoms. The van der Waals surface area contributed by atoms with E-state index in [2.05, 4.69) is 39.0 Å². The molecule has 0 atom stereocenters. The van der Waals surface area contributed by atoms with Crippen LogP contribution in [0.4, 0.5) is 0 Å². The van der Waals surface area contributed by atoms with Crippen molar-refractivity contribution < 1.29 is 34.1 Å². The molecule has 1 amide bonds. The lowest BCUT2D eigenvalue weighted by Crippen LogP contribution is -2.49. The second-order valence-electron chi connectivity index (χ2n) is 6.82. The number of hydrogen-bond acceptors (Lipinski definition) is 6. The summed E-state index contributed by atoms with van der Waals surface area (Å²) in [5, 5.41) is 14.8. The highest BCUT2D eigenvalue weighted by Crippen LogP contribution is 2.19. The molecule has 1 aliphatic rings. The van der Waals surface area contributed by atoms with Gasteiger partial charge in [-0.05, 0) is 35.9 Å². The molecule has 1 aliphatic heterocycles. The number of halogens is 1. The topological polar surface area (TPSA) is 117 Å². The van der Waals surface area contributed by atoms with E-state index in [9.17, 15) is 4.79 Å². The molecule has 0 spiro atoms. The van der Waals surface area contributed by atoms with Gasteiger partial charge in [0.15, 0.2) is 6.61 Å². The van der Waals surface area contributed by atoms with Crippen LogP contribution in [0.3, 0.4) is 0 Å². The molecule has 9 nitrogen and oxygen atoms in total. The number of hydrogen-bond donors (Lipinski definition) is 2. The predicted molar refractivity (Wildman–Crippen MR) is 120 cm³/mol. The lowest BCUT2D eigenvalue weighted by atomic mass is 10.2. The van der Waals surface area contributed by atoms with Crippen molar-refractivity contribution in [3.05, 3.63) is 58.6 Å². The molecule has 2 aromatic rings. The van der Waals surface area contributed by atoms with Crippen molar-refractivity contribution >= 4 is 33.8 Å². The van der Waals surface area contributed by atoms with Crippen LogP contribution in [0.5, 0.6) is 11.5 Å². The van der Waals surface area contributed by atoms with Gasteiger partial charge in [-0.2, -0.15) is 0 Å². The van der Waals surface area contributed by atoms with Gasteiger partial charge in [0.25, 0.3) is 5.91 Å². The van der Waals surface area contributed by atoms with E-state index in [1.165, 1.54) is 5.56 Å². The summed E-state index contributed by atoms with van der Waals surface area (Å²) >= 11 is 3.59. The molecule has 172 valence electrons. The monoisotopic (exact) mass is 508 g/mol. The van der Waals surface area contributed by atoms with Gasteiger partial charge >= 0.3 is 11.9 Å². The van der Waals surface area contributed by atoms with Gasteiger partial charge in [0.05, 0.1) is 7.11 Å². The van der Waals surface area contributed by atoms with E-state index in [0.717, 1.165) is 42.9 Å². The van der Waals surface area contributed by atoms with Crippen molar-refractivity contribution in [2.75, 3.05) is 39.9 Å². The molecule has 0 aliphatic carbocycles. The van der Waals surface area contributed by atoms with Gasteiger partial charge in [0.1, 0.15) is 11.5 Å². The predicted octanol–water partition coefficient (Wildman–Crippen LogP) is 2.34. The van der Waals surface area contributed by atoms with Crippen molar-refractivity contribution in [3.63, 3.8) is 0 Å². The minimum atomic E-state index is -1.82. The van der Waals surface area contributed by atoms with E-state index in [1.807, 2.05) is 35.2 Å². The lowest BCUT2D eigenvalue weighted by molar-refractivity contribution is -0.159. The SMILES string of the molecule is COc1ccc(OCC(=O)N2CCN(Cc3ccccc3Br)CC2)cc1.O=C(O)C(=O)O. The molecule has 3 rings (SSSR count). The van der Waals surface area contributed by atoms with Gasteiger partial charge in [-0.3, -0.25) is 9.69 Å². The Labute approximate surface area is 194 Å². The zero-order valence-electron chi connectivity index (χ0n) is 17.6. The fourth-order valence-corrected chi connectivity index (χ4v) is 3.34. The van der Waals surface area contributed by atoms with Crippen LogP contribution in [0.25, 0.3) is 0 Å². The summed E-state index contributed by atoms with van der Waals surface area (Å²) < 4.78 is 11.8. The zero-order chi connectivity index (χ0) is 23.5. The van der Waals surface area contributed by atoms with Crippen LogP contribution in [0.1, 0.15) is 5.56 Å². The quantitative estimate of drug-likeness (QED) is 0.571. The van der Waals surface area contributed by atoms with Crippen LogP contribution in [0.15, 0.2) is 53.0 Å². The summed E-state index contributed by atoms with van der Waals surface area (Å²) in [5.74, 6) is -2.18. The molecule has 2 aromatic carbocycles. The standard InChI is InChI=1S/C20H23BrN2O3.C2H2O4/c1-25-17-6-8-18(9-7-17)26-15-20(24)23-12-10-22(11-13-23)14-16-4-2-3-5-19(16)21;3-1(4)2(5)6/h2-9H,10-15H2,1H3;(H,3,4)(H,5,6). The van der Waals surface area contributed by atoms with E-state index in [4.69, 9.17) is 29.3 Å². The third-order valence-corrected chi connectivity index (χ3v) is 5.46. The Balaban J connectivity index is 0.000000534. The molecule has 2 N–H and O–H groups in total. The first-order valence-electron chi connectivity index (χ1n) is 9.76. The van der Waals surface area contributed by atoms with Crippen LogP contribution in [-0.2, 0) is 20.9 Å². The Hall–Kier alpha value is -3.11. The summed E-state index contributed by atoms with van der Waals surface area (Å²) in [7, 11) is 1.62. The first-order chi connectivity index (χ1) is 15.3. The Morgan fingerprint density at radius 1 is 0.906 bits per heavy atom. The number of carboxylic acids is 2. The van der Waals surface area contributed by atoms with Gasteiger partial charge in [0.2, 0.25) is 0 Å². The number of methoxy groups -OCH3 is 1. The van der Waals surface area contributed by atoms with Gasteiger partial charge in [-0.15, -0.1) is 0 Å². The van der Waals surface area contributed by atoms with E-state index < -0.39 is 11.9 Å². The van der Waals surface area contributed by atoms with Crippen LogP contribution < -0.4 is 9.47 Å². The maximum atomic E-state index is 12.4. The van der Waals surface area contributed by atoms with Crippen LogP contribution in [-0.4, -0.2) is 77.8 Å². The first kappa shape index (κ1) is 25.2. The fourth-order valence-electron chi connectivity index (χ4n) is 2.93. The highest BCUT2D eigenvalue weighted by molar-refractivity contribution is 9.10. The molecule has 10 heteroatoms. The second-order valence-corrected chi connectivity index (χ2v) is 7.68. The number of benzene rings is 2. The minimum absolute atomic E-state index is 0.0290. The zero-order valence-corrected chi connectivity index (χ0v) is 19.2. The molecule has 32 heavy (non-hydrogen) atoms. The maximum Gasteiger partial charge on any atom is 0.414 e. The molecular formula is C22H25BrN2O7. The Bertz CT molecular complexity index is 901. The Kier molecular flexibility index (Phi) is 9.96. The van der Waals surface area contributed by atoms with Crippen molar-refractivity contribution in [2.45, 2.75) is 6.54 Å². The van der Waals surface area contributed by atoms with Crippen molar-refractivity contribution in [1.29, 1.82) is 0 Å². The summed E-state index contributed by atoms with van der Waals surface area (Å²) in [5.41, 5.74) is 1.27. The number of piperazine rings is 1. The molecular weight excluding hydrogens is 484 g/mol. The first-order valence-corrected chi connectivity index (χ1v) is 10.6. The molecule has 1 saturated heterocycles. The van der Waals surface area contributed by atoms with Crippen molar-refractivity contribution in [1.82, 2.24) is 9.80 Å². The highest BCUT2D eigenvalue weighted by atomic mass is 79.9. The number of carbonyl (C=O) groups is 3. The van der Waals surface area contributed by atoms with E-state index in [-0.39, 0.29) is 12.5 Å². The van der Waals surface area contributed by atoms with Gasteiger partial charge in [0, 0.05) is 37.2 Å². The molecule has 0 saturated carbocycles. The third kappa shape index (κ3) is 8.20. The number of aliphatic carboxylic acids is 2. The number of carboxylic acid groups (broad SMARTS) is 2. The normalized spacial score (nSPS) is 13.5. The average molecular weight is 509 g/mol. The fraction of sp³-hybridized carbons (Fsp3) is 0.318. The van der Waals surface area contributed by atoms with E-state index in [1.54, 1.807) is 7.11 Å². The van der Waals surface area contributed by atoms with Crippen LogP contribution in [0, 0.1) is 0 Å². The average Bonchev–Trinajstić information content (AvgIpc) is 2.80. The maximum absolute atomic E-state index is 12.4. The molecule has 1 fully saturated rings. The van der Waals surface area contributed by atoms with E-state index in [0.29, 0.717) is 5.75 Å². The lowest BCUT2D eigenvalue weighted by Gasteiger charge is -2.34. The van der Waals surface area contributed by atoms with Crippen LogP contribution in [0.2, 0.25) is 0 Å². The number of rotatable bonds is 6. The minimum Gasteiger partial charge on any atom is -0.497 e. The number of nitrogens with zero attached hydrogens (tertiary/aromatic N) is 2. The largest absolute Gasteiger partial charge is 0.497 e. The van der Waals surface area contributed by atoms with Crippen molar-refractivity contribution in [3.8, 4) is 11.5 Å². The van der Waals surface area contributed by atoms with Crippen LogP contribution >= 0.6 is 15.9 Å². The van der Waals surface area contributed by atoms with E-state index >= 15 is 0 Å². The number of amides is 1. The molecule has 0 unspecified atom stereocenters. The molecule has 0 aromatic heterocycles. The number of carbonyl (C=O) groups excluding carboxylic acids is 1. The second kappa shape index (κ2) is 12.7. The molecule has 0 radical (unpaired) electrons. The Morgan fingerprint density at radius 2 is 1.47 bits per heavy atom. The smallest absolute Gasteiger partial charge is 0.414 e. The van der Waals surface area contributed by atoms with Gasteiger partial charge < -0.3 is 24.6 Å². The summed E-state index contributed by atoms with van der Waals surface area (Å²) in [6.45, 7) is 4.16. The number of ether oxygens (including phenoxy) is 2. The summed E-state index contributed by atoms with van der Waals surface area (Å²) in [6, 6.07) is 15.5. The van der Waals surface area contributed by atoms with Gasteiger partial charge in [-0.25, -0.2) is 9.59 Å². The van der Waals surface area contributed by atoms with Gasteiger partial charge in [-0.1, -0.05) is 34.1 Å². The summed E-state index contributed by atoms with van der Waals surface area (Å²) in [4.78, 5) is 34.8. The summed E-state index contributed by atoms with van der Waals surface area (Å²) in [6.07, 6.45) is 0. The Morgan fingerprint density at radius 3 is 2.00 bits per heavy atom.